The normalized spacial score (nSPS) is 19.8. The second-order valence-electron chi connectivity index (χ2n) is 4.77. The molecule has 3 nitrogen and oxygen atoms in total. The van der Waals surface area contributed by atoms with Crippen LogP contribution in [0.2, 0.25) is 0 Å². The molecule has 4 heteroatoms. The average molecular weight is 264 g/mol. The number of hydrogen-bond donors (Lipinski definition) is 1. The smallest absolute Gasteiger partial charge is 0.222 e. The van der Waals surface area contributed by atoms with Crippen molar-refractivity contribution in [2.45, 2.75) is 25.0 Å². The molecule has 0 bridgehead atoms. The van der Waals surface area contributed by atoms with Gasteiger partial charge in [-0.1, -0.05) is 19.1 Å². The van der Waals surface area contributed by atoms with E-state index in [1.807, 2.05) is 40.9 Å². The molecule has 1 aromatic rings. The minimum Gasteiger partial charge on any atom is -0.399 e. The molecule has 0 saturated carbocycles. The van der Waals surface area contributed by atoms with Crippen molar-refractivity contribution >= 4 is 23.4 Å². The van der Waals surface area contributed by atoms with E-state index in [2.05, 4.69) is 6.92 Å². The summed E-state index contributed by atoms with van der Waals surface area (Å²) in [5.74, 6) is 1.33. The number of carbonyl (C=O) groups excluding carboxylic acids is 1. The predicted octanol–water partition coefficient (Wildman–Crippen LogP) is 2.17. The highest BCUT2D eigenvalue weighted by atomic mass is 32.2. The highest BCUT2D eigenvalue weighted by Gasteiger charge is 2.20. The minimum absolute atomic E-state index is 0.268. The van der Waals surface area contributed by atoms with Gasteiger partial charge in [-0.15, -0.1) is 0 Å². The molecule has 0 radical (unpaired) electrons. The van der Waals surface area contributed by atoms with Crippen molar-refractivity contribution in [1.29, 1.82) is 0 Å². The number of benzene rings is 1. The number of rotatable bonds is 3. The van der Waals surface area contributed by atoms with Crippen LogP contribution in [0.15, 0.2) is 24.3 Å². The van der Waals surface area contributed by atoms with Gasteiger partial charge in [-0.25, -0.2) is 0 Å². The summed E-state index contributed by atoms with van der Waals surface area (Å²) < 4.78 is 0. The molecule has 1 atom stereocenters. The maximum atomic E-state index is 12.1. The molecule has 1 aliphatic rings. The van der Waals surface area contributed by atoms with E-state index in [1.54, 1.807) is 0 Å². The van der Waals surface area contributed by atoms with Crippen molar-refractivity contribution in [2.75, 3.05) is 24.6 Å². The van der Waals surface area contributed by atoms with Crippen LogP contribution >= 0.6 is 11.8 Å². The van der Waals surface area contributed by atoms with Gasteiger partial charge < -0.3 is 10.6 Å². The van der Waals surface area contributed by atoms with Gasteiger partial charge in [0.05, 0.1) is 0 Å². The molecule has 1 fully saturated rings. The van der Waals surface area contributed by atoms with Crippen LogP contribution in [-0.2, 0) is 11.2 Å². The summed E-state index contributed by atoms with van der Waals surface area (Å²) in [5.41, 5.74) is 7.64. The van der Waals surface area contributed by atoms with Gasteiger partial charge in [0, 0.05) is 36.2 Å². The molecule has 2 rings (SSSR count). The molecule has 1 saturated heterocycles. The fourth-order valence-electron chi connectivity index (χ4n) is 2.20. The highest BCUT2D eigenvalue weighted by Crippen LogP contribution is 2.19. The summed E-state index contributed by atoms with van der Waals surface area (Å²) in [7, 11) is 0. The van der Waals surface area contributed by atoms with Crippen molar-refractivity contribution in [3.63, 3.8) is 0 Å². The molecule has 2 N–H and O–H groups in total. The minimum atomic E-state index is 0.268. The number of hydrogen-bond acceptors (Lipinski definition) is 3. The molecule has 1 aliphatic heterocycles. The molecule has 18 heavy (non-hydrogen) atoms. The van der Waals surface area contributed by atoms with Gasteiger partial charge in [-0.2, -0.15) is 11.8 Å². The zero-order valence-corrected chi connectivity index (χ0v) is 11.6. The maximum absolute atomic E-state index is 12.1. The quantitative estimate of drug-likeness (QED) is 0.851. The highest BCUT2D eigenvalue weighted by molar-refractivity contribution is 7.99. The second kappa shape index (κ2) is 6.14. The Balaban J connectivity index is 1.84. The summed E-state index contributed by atoms with van der Waals surface area (Å²) in [6.45, 7) is 3.97. The van der Waals surface area contributed by atoms with Crippen molar-refractivity contribution in [3.8, 4) is 0 Å². The number of carbonyl (C=O) groups is 1. The lowest BCUT2D eigenvalue weighted by Crippen LogP contribution is -2.41. The van der Waals surface area contributed by atoms with E-state index in [1.165, 1.54) is 0 Å². The molecule has 1 amide bonds. The molecule has 0 aliphatic carbocycles. The van der Waals surface area contributed by atoms with Crippen molar-refractivity contribution in [2.24, 2.45) is 0 Å². The average Bonchev–Trinajstić information content (AvgIpc) is 2.36. The summed E-state index contributed by atoms with van der Waals surface area (Å²) in [6.07, 6.45) is 1.36. The monoisotopic (exact) mass is 264 g/mol. The van der Waals surface area contributed by atoms with E-state index >= 15 is 0 Å². The third-order valence-electron chi connectivity index (χ3n) is 3.17. The van der Waals surface area contributed by atoms with E-state index in [0.29, 0.717) is 11.7 Å². The Labute approximate surface area is 113 Å². The second-order valence-corrected chi connectivity index (χ2v) is 6.31. The first-order chi connectivity index (χ1) is 8.65. The summed E-state index contributed by atoms with van der Waals surface area (Å²) >= 11 is 1.95. The molecule has 1 aromatic carbocycles. The third kappa shape index (κ3) is 3.67. The van der Waals surface area contributed by atoms with Crippen molar-refractivity contribution < 1.29 is 4.79 Å². The van der Waals surface area contributed by atoms with Crippen LogP contribution in [0.3, 0.4) is 0 Å². The fourth-order valence-corrected chi connectivity index (χ4v) is 3.22. The lowest BCUT2D eigenvalue weighted by atomic mass is 10.1. The van der Waals surface area contributed by atoms with Gasteiger partial charge in [0.1, 0.15) is 0 Å². The van der Waals surface area contributed by atoms with E-state index < -0.39 is 0 Å². The molecule has 1 heterocycles. The Morgan fingerprint density at radius 1 is 1.56 bits per heavy atom. The maximum Gasteiger partial charge on any atom is 0.222 e. The number of nitrogens with zero attached hydrogens (tertiary/aromatic N) is 1. The van der Waals surface area contributed by atoms with Crippen LogP contribution in [0, 0.1) is 0 Å². The summed E-state index contributed by atoms with van der Waals surface area (Å²) in [6, 6.07) is 7.78. The number of aryl methyl sites for hydroxylation is 1. The Bertz CT molecular complexity index is 422. The molecule has 0 aromatic heterocycles. The van der Waals surface area contributed by atoms with Gasteiger partial charge in [-0.3, -0.25) is 4.79 Å². The molecule has 98 valence electrons. The van der Waals surface area contributed by atoms with Crippen molar-refractivity contribution in [1.82, 2.24) is 4.90 Å². The largest absolute Gasteiger partial charge is 0.399 e. The Morgan fingerprint density at radius 3 is 3.11 bits per heavy atom. The summed E-state index contributed by atoms with van der Waals surface area (Å²) in [5, 5.41) is 0.565. The predicted molar refractivity (Wildman–Crippen MR) is 77.7 cm³/mol. The van der Waals surface area contributed by atoms with Crippen molar-refractivity contribution in [3.05, 3.63) is 29.8 Å². The molecule has 1 unspecified atom stereocenters. The third-order valence-corrected chi connectivity index (χ3v) is 4.31. The standard InChI is InChI=1S/C14H20N2OS/c1-11-10-16(7-8-18-11)14(17)6-5-12-3-2-4-13(15)9-12/h2-4,9,11H,5-8,10,15H2,1H3. The number of nitrogen functional groups attached to an aromatic ring is 1. The lowest BCUT2D eigenvalue weighted by Gasteiger charge is -2.30. The fraction of sp³-hybridized carbons (Fsp3) is 0.500. The van der Waals surface area contributed by atoms with Crippen LogP contribution in [0.25, 0.3) is 0 Å². The lowest BCUT2D eigenvalue weighted by molar-refractivity contribution is -0.131. The van der Waals surface area contributed by atoms with Crippen LogP contribution in [0.1, 0.15) is 18.9 Å². The number of amides is 1. The molecular weight excluding hydrogens is 244 g/mol. The topological polar surface area (TPSA) is 46.3 Å². The molecule has 0 spiro atoms. The van der Waals surface area contributed by atoms with Gasteiger partial charge >= 0.3 is 0 Å². The zero-order chi connectivity index (χ0) is 13.0. The van der Waals surface area contributed by atoms with E-state index in [-0.39, 0.29) is 5.91 Å². The van der Waals surface area contributed by atoms with Gasteiger partial charge in [0.25, 0.3) is 0 Å². The van der Waals surface area contributed by atoms with E-state index in [0.717, 1.165) is 36.5 Å². The van der Waals surface area contributed by atoms with Crippen LogP contribution < -0.4 is 5.73 Å². The SMILES string of the molecule is CC1CN(C(=O)CCc2cccc(N)c2)CCS1. The van der Waals surface area contributed by atoms with Gasteiger partial charge in [-0.05, 0) is 24.1 Å². The Kier molecular flexibility index (Phi) is 4.53. The van der Waals surface area contributed by atoms with Crippen LogP contribution in [0.4, 0.5) is 5.69 Å². The van der Waals surface area contributed by atoms with Gasteiger partial charge in [0.2, 0.25) is 5.91 Å². The number of nitrogens with two attached hydrogens (primary N) is 1. The first kappa shape index (κ1) is 13.3. The van der Waals surface area contributed by atoms with E-state index in [9.17, 15) is 4.79 Å². The van der Waals surface area contributed by atoms with Gasteiger partial charge in [0.15, 0.2) is 0 Å². The number of anilines is 1. The number of thioether (sulfide) groups is 1. The zero-order valence-electron chi connectivity index (χ0n) is 10.8. The Morgan fingerprint density at radius 2 is 2.39 bits per heavy atom. The first-order valence-corrected chi connectivity index (χ1v) is 7.44. The van der Waals surface area contributed by atoms with Crippen LogP contribution in [-0.4, -0.2) is 34.9 Å². The Hall–Kier alpha value is -1.16. The summed E-state index contributed by atoms with van der Waals surface area (Å²) in [4.78, 5) is 14.1. The first-order valence-electron chi connectivity index (χ1n) is 6.39. The van der Waals surface area contributed by atoms with E-state index in [4.69, 9.17) is 5.73 Å². The van der Waals surface area contributed by atoms with Crippen LogP contribution in [0.5, 0.6) is 0 Å². The molecular formula is C14H20N2OS.